The van der Waals surface area contributed by atoms with E-state index in [4.69, 9.17) is 4.74 Å². The Balaban J connectivity index is 2.09. The molecule has 1 N–H and O–H groups in total. The molecule has 132 valence electrons. The lowest BCUT2D eigenvalue weighted by atomic mass is 9.97. The lowest BCUT2D eigenvalue weighted by molar-refractivity contribution is -0.143. The quantitative estimate of drug-likeness (QED) is 0.845. The molecule has 7 nitrogen and oxygen atoms in total. The van der Waals surface area contributed by atoms with E-state index >= 15 is 0 Å². The number of aromatic nitrogens is 1. The van der Waals surface area contributed by atoms with E-state index in [-0.39, 0.29) is 13.0 Å². The van der Waals surface area contributed by atoms with Gasteiger partial charge in [0, 0.05) is 17.5 Å². The Morgan fingerprint density at radius 2 is 1.96 bits per heavy atom. The molecule has 1 amide bonds. The smallest absolute Gasteiger partial charge is 0.411 e. The van der Waals surface area contributed by atoms with Crippen LogP contribution in [0.25, 0.3) is 10.9 Å². The molecule has 7 heteroatoms. The number of carbonyl (C=O) groups excluding carboxylic acids is 2. The molecule has 25 heavy (non-hydrogen) atoms. The maximum absolute atomic E-state index is 12.5. The Kier molecular flexibility index (Phi) is 4.02. The number of carboxylic acid groups (broad SMARTS) is 1. The zero-order chi connectivity index (χ0) is 18.4. The van der Waals surface area contributed by atoms with Crippen molar-refractivity contribution in [3.05, 3.63) is 35.5 Å². The number of hydrogen-bond donors (Lipinski definition) is 1. The Bertz CT molecular complexity index is 862. The summed E-state index contributed by atoms with van der Waals surface area (Å²) in [6, 6.07) is 6.28. The van der Waals surface area contributed by atoms with Crippen LogP contribution in [0.5, 0.6) is 0 Å². The molecule has 1 aromatic carbocycles. The van der Waals surface area contributed by atoms with Crippen molar-refractivity contribution < 1.29 is 24.2 Å². The summed E-state index contributed by atoms with van der Waals surface area (Å²) in [5.74, 6) is -1.10. The van der Waals surface area contributed by atoms with E-state index in [1.165, 1.54) is 9.47 Å². The second-order valence-corrected chi connectivity index (χ2v) is 7.08. The Morgan fingerprint density at radius 1 is 1.28 bits per heavy atom. The Hall–Kier alpha value is -2.83. The first kappa shape index (κ1) is 17.0. The van der Waals surface area contributed by atoms with E-state index in [0.29, 0.717) is 17.6 Å². The average Bonchev–Trinajstić information content (AvgIpc) is 2.84. The molecule has 0 bridgehead atoms. The van der Waals surface area contributed by atoms with E-state index in [0.717, 1.165) is 10.9 Å². The Morgan fingerprint density at radius 3 is 2.56 bits per heavy atom. The van der Waals surface area contributed by atoms with Crippen LogP contribution in [-0.4, -0.2) is 44.7 Å². The standard InChI is InChI=1S/C18H20N2O5/c1-18(2,3)25-17(24)19-9-15-12(8-14(19)16(22)23)11-6-4-5-7-13(11)20(15)10-21/h4-7,10,14H,8-9H2,1-3H3,(H,22,23)/t14-/m1/s1. The lowest BCUT2D eigenvalue weighted by Crippen LogP contribution is -2.50. The molecular weight excluding hydrogens is 324 g/mol. The van der Waals surface area contributed by atoms with Crippen molar-refractivity contribution in [2.75, 3.05) is 0 Å². The van der Waals surface area contributed by atoms with Gasteiger partial charge in [-0.05, 0) is 32.4 Å². The molecule has 1 atom stereocenters. The third-order valence-electron chi connectivity index (χ3n) is 4.24. The van der Waals surface area contributed by atoms with E-state index < -0.39 is 23.7 Å². The molecule has 0 aliphatic carbocycles. The van der Waals surface area contributed by atoms with Gasteiger partial charge < -0.3 is 9.84 Å². The van der Waals surface area contributed by atoms with Crippen molar-refractivity contribution in [1.29, 1.82) is 0 Å². The van der Waals surface area contributed by atoms with Crippen LogP contribution in [0.1, 0.15) is 32.0 Å². The first-order chi connectivity index (χ1) is 11.7. The van der Waals surface area contributed by atoms with Gasteiger partial charge in [-0.1, -0.05) is 18.2 Å². The average molecular weight is 344 g/mol. The van der Waals surface area contributed by atoms with Gasteiger partial charge >= 0.3 is 12.1 Å². The first-order valence-electron chi connectivity index (χ1n) is 8.01. The summed E-state index contributed by atoms with van der Waals surface area (Å²) >= 11 is 0. The van der Waals surface area contributed by atoms with Crippen LogP contribution in [0.15, 0.2) is 24.3 Å². The summed E-state index contributed by atoms with van der Waals surface area (Å²) in [5, 5.41) is 10.4. The number of nitrogens with zero attached hydrogens (tertiary/aromatic N) is 2. The molecule has 0 spiro atoms. The fourth-order valence-corrected chi connectivity index (χ4v) is 3.21. The van der Waals surface area contributed by atoms with Gasteiger partial charge in [0.2, 0.25) is 6.41 Å². The number of fused-ring (bicyclic) bond motifs is 3. The summed E-state index contributed by atoms with van der Waals surface area (Å²) in [6.45, 7) is 5.17. The molecule has 2 heterocycles. The van der Waals surface area contributed by atoms with Crippen LogP contribution in [0.3, 0.4) is 0 Å². The van der Waals surface area contributed by atoms with Gasteiger partial charge in [0.25, 0.3) is 0 Å². The second-order valence-electron chi connectivity index (χ2n) is 7.08. The minimum absolute atomic E-state index is 0.00856. The molecule has 1 aromatic heterocycles. The number of amides is 1. The van der Waals surface area contributed by atoms with Gasteiger partial charge in [0.1, 0.15) is 11.6 Å². The van der Waals surface area contributed by atoms with Gasteiger partial charge in [0.05, 0.1) is 12.1 Å². The van der Waals surface area contributed by atoms with Crippen LogP contribution < -0.4 is 0 Å². The molecule has 0 saturated carbocycles. The van der Waals surface area contributed by atoms with Crippen molar-refractivity contribution in [3.63, 3.8) is 0 Å². The lowest BCUT2D eigenvalue weighted by Gasteiger charge is -2.34. The number of aliphatic carboxylic acids is 1. The number of rotatable bonds is 2. The van der Waals surface area contributed by atoms with E-state index in [9.17, 15) is 19.5 Å². The molecule has 3 rings (SSSR count). The normalized spacial score (nSPS) is 17.2. The van der Waals surface area contributed by atoms with Gasteiger partial charge in [0.15, 0.2) is 0 Å². The van der Waals surface area contributed by atoms with Crippen molar-refractivity contribution in [1.82, 2.24) is 9.47 Å². The third kappa shape index (κ3) is 2.97. The van der Waals surface area contributed by atoms with E-state index in [1.807, 2.05) is 18.2 Å². The maximum atomic E-state index is 12.5. The summed E-state index contributed by atoms with van der Waals surface area (Å²) in [7, 11) is 0. The molecule has 0 fully saturated rings. The molecule has 1 aliphatic heterocycles. The van der Waals surface area contributed by atoms with E-state index in [1.54, 1.807) is 26.8 Å². The van der Waals surface area contributed by atoms with Crippen molar-refractivity contribution >= 4 is 29.4 Å². The van der Waals surface area contributed by atoms with E-state index in [2.05, 4.69) is 0 Å². The predicted octanol–water partition coefficient (Wildman–Crippen LogP) is 2.43. The fraction of sp³-hybridized carbons (Fsp3) is 0.389. The second kappa shape index (κ2) is 5.91. The number of para-hydroxylation sites is 1. The van der Waals surface area contributed by atoms with Crippen LogP contribution in [0.4, 0.5) is 4.79 Å². The fourth-order valence-electron chi connectivity index (χ4n) is 3.21. The molecule has 0 saturated heterocycles. The largest absolute Gasteiger partial charge is 0.480 e. The summed E-state index contributed by atoms with van der Waals surface area (Å²) in [5.41, 5.74) is 1.38. The predicted molar refractivity (Wildman–Crippen MR) is 91.0 cm³/mol. The highest BCUT2D eigenvalue weighted by Gasteiger charge is 2.39. The number of ether oxygens (including phenoxy) is 1. The highest BCUT2D eigenvalue weighted by atomic mass is 16.6. The van der Waals surface area contributed by atoms with Crippen molar-refractivity contribution in [3.8, 4) is 0 Å². The molecule has 1 aliphatic rings. The maximum Gasteiger partial charge on any atom is 0.411 e. The third-order valence-corrected chi connectivity index (χ3v) is 4.24. The van der Waals surface area contributed by atoms with Crippen molar-refractivity contribution in [2.45, 2.75) is 45.4 Å². The first-order valence-corrected chi connectivity index (χ1v) is 8.01. The number of hydrogen-bond acceptors (Lipinski definition) is 4. The topological polar surface area (TPSA) is 88.8 Å². The van der Waals surface area contributed by atoms with Crippen LogP contribution in [0.2, 0.25) is 0 Å². The van der Waals surface area contributed by atoms with Crippen LogP contribution in [0, 0.1) is 0 Å². The van der Waals surface area contributed by atoms with Gasteiger partial charge in [-0.3, -0.25) is 14.3 Å². The van der Waals surface area contributed by atoms with Gasteiger partial charge in [-0.15, -0.1) is 0 Å². The molecular formula is C18H20N2O5. The molecule has 2 aromatic rings. The zero-order valence-electron chi connectivity index (χ0n) is 14.4. The highest BCUT2D eigenvalue weighted by molar-refractivity contribution is 5.92. The number of benzene rings is 1. The summed E-state index contributed by atoms with van der Waals surface area (Å²) < 4.78 is 6.82. The number of carbonyl (C=O) groups is 3. The minimum atomic E-state index is -1.10. The van der Waals surface area contributed by atoms with Crippen LogP contribution >= 0.6 is 0 Å². The van der Waals surface area contributed by atoms with Crippen molar-refractivity contribution in [2.24, 2.45) is 0 Å². The van der Waals surface area contributed by atoms with Crippen LogP contribution in [-0.2, 0) is 27.3 Å². The summed E-state index contributed by atoms with van der Waals surface area (Å²) in [6.07, 6.45) is 0.120. The molecule has 0 radical (unpaired) electrons. The zero-order valence-corrected chi connectivity index (χ0v) is 14.4. The SMILES string of the molecule is CC(C)(C)OC(=O)N1Cc2c(c3ccccc3n2C=O)C[C@@H]1C(=O)O. The highest BCUT2D eigenvalue weighted by Crippen LogP contribution is 2.33. The number of carboxylic acids is 1. The van der Waals surface area contributed by atoms with Gasteiger partial charge in [-0.25, -0.2) is 9.59 Å². The monoisotopic (exact) mass is 344 g/mol. The summed E-state index contributed by atoms with van der Waals surface area (Å²) in [4.78, 5) is 37.0. The minimum Gasteiger partial charge on any atom is -0.480 e. The Labute approximate surface area is 144 Å². The molecule has 0 unspecified atom stereocenters. The van der Waals surface area contributed by atoms with Gasteiger partial charge in [-0.2, -0.15) is 0 Å².